The number of anilines is 1. The van der Waals surface area contributed by atoms with E-state index in [-0.39, 0.29) is 11.4 Å². The van der Waals surface area contributed by atoms with Gasteiger partial charge in [0, 0.05) is 11.6 Å². The van der Waals surface area contributed by atoms with Crippen LogP contribution in [0.4, 0.5) is 27.8 Å². The number of aliphatic hydroxyl groups is 1. The van der Waals surface area contributed by atoms with Gasteiger partial charge in [-0.05, 0) is 38.0 Å². The molecule has 30 heavy (non-hydrogen) atoms. The van der Waals surface area contributed by atoms with Crippen LogP contribution in [0.1, 0.15) is 37.4 Å². The number of halogens is 5. The van der Waals surface area contributed by atoms with Crippen molar-refractivity contribution in [3.63, 3.8) is 0 Å². The maximum absolute atomic E-state index is 14.0. The Morgan fingerprint density at radius 2 is 1.90 bits per heavy atom. The van der Waals surface area contributed by atoms with Crippen LogP contribution in [-0.2, 0) is 15.9 Å². The first kappa shape index (κ1) is 21.9. The molecule has 1 aliphatic rings. The summed E-state index contributed by atoms with van der Waals surface area (Å²) in [6.45, 7) is -0.00267. The lowest BCUT2D eigenvalue weighted by atomic mass is 9.91. The Morgan fingerprint density at radius 3 is 2.50 bits per heavy atom. The lowest BCUT2D eigenvalue weighted by molar-refractivity contribution is -0.127. The second kappa shape index (κ2) is 7.82. The number of nitrogens with zero attached hydrogens (tertiary/aromatic N) is 1. The van der Waals surface area contributed by atoms with E-state index in [0.29, 0.717) is 24.6 Å². The highest BCUT2D eigenvalue weighted by molar-refractivity contribution is 5.78. The third-order valence-electron chi connectivity index (χ3n) is 4.85. The van der Waals surface area contributed by atoms with Crippen LogP contribution >= 0.6 is 0 Å². The highest BCUT2D eigenvalue weighted by Gasteiger charge is 2.48. The number of alkyl halides is 3. The largest absolute Gasteiger partial charge is 0.405 e. The van der Waals surface area contributed by atoms with Crippen LogP contribution in [0, 0.1) is 11.6 Å². The van der Waals surface area contributed by atoms with E-state index in [0.717, 1.165) is 12.1 Å². The molecule has 162 valence electrons. The predicted octanol–water partition coefficient (Wildman–Crippen LogP) is 3.74. The minimum Gasteiger partial charge on any atom is -0.385 e. The second-order valence-electron chi connectivity index (χ2n) is 7.58. The normalized spacial score (nSPS) is 17.2. The number of hydrogen-bond acceptors (Lipinski definition) is 4. The topological polar surface area (TPSA) is 74.2 Å². The monoisotopic (exact) mass is 429 g/mol. The molecule has 10 heteroatoms. The van der Waals surface area contributed by atoms with Crippen LogP contribution in [-0.4, -0.2) is 28.7 Å². The zero-order valence-corrected chi connectivity index (χ0v) is 16.0. The highest BCUT2D eigenvalue weighted by atomic mass is 19.4. The molecular formula is C20H20F5N3O2. The van der Waals surface area contributed by atoms with Gasteiger partial charge in [0.2, 0.25) is 5.91 Å². The van der Waals surface area contributed by atoms with E-state index in [9.17, 15) is 31.9 Å². The Morgan fingerprint density at radius 1 is 1.20 bits per heavy atom. The van der Waals surface area contributed by atoms with Crippen molar-refractivity contribution < 1.29 is 31.9 Å². The third-order valence-corrected chi connectivity index (χ3v) is 4.85. The number of carbonyl (C=O) groups is 1. The fourth-order valence-corrected chi connectivity index (χ4v) is 3.21. The summed E-state index contributed by atoms with van der Waals surface area (Å²) in [4.78, 5) is 16.7. The molecule has 1 aromatic heterocycles. The Labute approximate surface area is 169 Å². The molecule has 3 rings (SSSR count). The SMILES string of the molecule is CC(O)(CC(=O)NC1(c2cccc(NCC(F)(F)F)n2)CC1)c1ccc(F)cc1F. The quantitative estimate of drug-likeness (QED) is 0.587. The number of pyridine rings is 1. The zero-order chi connectivity index (χ0) is 22.2. The second-order valence-corrected chi connectivity index (χ2v) is 7.58. The van der Waals surface area contributed by atoms with Crippen molar-refractivity contribution in [1.29, 1.82) is 0 Å². The number of carbonyl (C=O) groups excluding carboxylic acids is 1. The molecule has 0 bridgehead atoms. The number of benzene rings is 1. The van der Waals surface area contributed by atoms with Crippen molar-refractivity contribution in [2.24, 2.45) is 0 Å². The predicted molar refractivity (Wildman–Crippen MR) is 98.4 cm³/mol. The van der Waals surface area contributed by atoms with Crippen molar-refractivity contribution in [2.75, 3.05) is 11.9 Å². The molecule has 0 radical (unpaired) electrons. The molecule has 3 N–H and O–H groups in total. The maximum Gasteiger partial charge on any atom is 0.405 e. The van der Waals surface area contributed by atoms with E-state index in [1.165, 1.54) is 19.1 Å². The molecule has 5 nitrogen and oxygen atoms in total. The minimum atomic E-state index is -4.40. The number of hydrogen-bond donors (Lipinski definition) is 3. The molecule has 1 aromatic carbocycles. The average Bonchev–Trinajstić information content (AvgIpc) is 3.39. The van der Waals surface area contributed by atoms with Gasteiger partial charge < -0.3 is 15.7 Å². The summed E-state index contributed by atoms with van der Waals surface area (Å²) in [5, 5.41) is 15.5. The molecular weight excluding hydrogens is 409 g/mol. The molecule has 1 amide bonds. The van der Waals surface area contributed by atoms with Gasteiger partial charge >= 0.3 is 6.18 Å². The van der Waals surface area contributed by atoms with Gasteiger partial charge in [-0.2, -0.15) is 13.2 Å². The van der Waals surface area contributed by atoms with Crippen LogP contribution in [0.3, 0.4) is 0 Å². The van der Waals surface area contributed by atoms with Crippen LogP contribution < -0.4 is 10.6 Å². The van der Waals surface area contributed by atoms with Crippen molar-refractivity contribution in [3.05, 3.63) is 59.3 Å². The summed E-state index contributed by atoms with van der Waals surface area (Å²) in [5.74, 6) is -2.36. The van der Waals surface area contributed by atoms with Crippen LogP contribution in [0.2, 0.25) is 0 Å². The lowest BCUT2D eigenvalue weighted by Gasteiger charge is -2.26. The van der Waals surface area contributed by atoms with E-state index >= 15 is 0 Å². The maximum atomic E-state index is 14.0. The molecule has 1 fully saturated rings. The summed E-state index contributed by atoms with van der Waals surface area (Å²) < 4.78 is 64.2. The Kier molecular flexibility index (Phi) is 5.72. The number of aromatic nitrogens is 1. The van der Waals surface area contributed by atoms with Gasteiger partial charge in [-0.3, -0.25) is 4.79 Å². The molecule has 0 spiro atoms. The summed E-state index contributed by atoms with van der Waals surface area (Å²) in [6.07, 6.45) is -3.86. The first-order chi connectivity index (χ1) is 13.9. The smallest absolute Gasteiger partial charge is 0.385 e. The molecule has 0 aliphatic heterocycles. The number of rotatable bonds is 7. The number of nitrogens with one attached hydrogen (secondary N) is 2. The van der Waals surface area contributed by atoms with Gasteiger partial charge in [-0.15, -0.1) is 0 Å². The van der Waals surface area contributed by atoms with Gasteiger partial charge in [0.05, 0.1) is 23.3 Å². The highest BCUT2D eigenvalue weighted by Crippen LogP contribution is 2.45. The van der Waals surface area contributed by atoms with Gasteiger partial charge in [0.1, 0.15) is 24.0 Å². The molecule has 1 heterocycles. The Bertz CT molecular complexity index is 942. The minimum absolute atomic E-state index is 0.0192. The van der Waals surface area contributed by atoms with Crippen LogP contribution in [0.15, 0.2) is 36.4 Å². The van der Waals surface area contributed by atoms with Crippen molar-refractivity contribution in [2.45, 2.75) is 43.5 Å². The first-order valence-electron chi connectivity index (χ1n) is 9.17. The Hall–Kier alpha value is -2.75. The standard InChI is InChI=1S/C20H20F5N3O2/c1-18(30,13-6-5-12(21)9-14(13)22)10-17(29)28-19(7-8-19)15-3-2-4-16(27-15)26-11-20(23,24)25/h2-6,9,30H,7-8,10-11H2,1H3,(H,26,27)(H,28,29). The molecule has 1 saturated carbocycles. The van der Waals surface area contributed by atoms with Crippen LogP contribution in [0.5, 0.6) is 0 Å². The average molecular weight is 429 g/mol. The molecule has 0 saturated heterocycles. The van der Waals surface area contributed by atoms with Gasteiger partial charge in [0.25, 0.3) is 0 Å². The van der Waals surface area contributed by atoms with Crippen molar-refractivity contribution in [1.82, 2.24) is 10.3 Å². The van der Waals surface area contributed by atoms with Gasteiger partial charge in [-0.25, -0.2) is 13.8 Å². The fraction of sp³-hybridized carbons (Fsp3) is 0.400. The summed E-state index contributed by atoms with van der Waals surface area (Å²) >= 11 is 0. The molecule has 1 unspecified atom stereocenters. The van der Waals surface area contributed by atoms with E-state index in [1.807, 2.05) is 0 Å². The van der Waals surface area contributed by atoms with Crippen molar-refractivity contribution >= 4 is 11.7 Å². The summed E-state index contributed by atoms with van der Waals surface area (Å²) in [5.41, 5.74) is -2.58. The third kappa shape index (κ3) is 5.24. The van der Waals surface area contributed by atoms with Gasteiger partial charge in [0.15, 0.2) is 0 Å². The van der Waals surface area contributed by atoms with E-state index in [4.69, 9.17) is 0 Å². The first-order valence-corrected chi connectivity index (χ1v) is 9.17. The zero-order valence-electron chi connectivity index (χ0n) is 16.0. The Balaban J connectivity index is 1.69. The summed E-state index contributed by atoms with van der Waals surface area (Å²) in [7, 11) is 0. The fourth-order valence-electron chi connectivity index (χ4n) is 3.21. The molecule has 2 aromatic rings. The van der Waals surface area contributed by atoms with Crippen LogP contribution in [0.25, 0.3) is 0 Å². The lowest BCUT2D eigenvalue weighted by Crippen LogP contribution is -2.39. The molecule has 1 aliphatic carbocycles. The van der Waals surface area contributed by atoms with Crippen molar-refractivity contribution in [3.8, 4) is 0 Å². The molecule has 1 atom stereocenters. The van der Waals surface area contributed by atoms with E-state index in [2.05, 4.69) is 15.6 Å². The number of amides is 1. The van der Waals surface area contributed by atoms with E-state index in [1.54, 1.807) is 6.07 Å². The van der Waals surface area contributed by atoms with Gasteiger partial charge in [-0.1, -0.05) is 12.1 Å². The van der Waals surface area contributed by atoms with E-state index < -0.39 is 47.8 Å². The summed E-state index contributed by atoms with van der Waals surface area (Å²) in [6, 6.07) is 7.17.